The second-order valence-electron chi connectivity index (χ2n) is 7.78. The molecule has 0 aliphatic carbocycles. The zero-order chi connectivity index (χ0) is 24.3. The fourth-order valence-electron chi connectivity index (χ4n) is 3.50. The topological polar surface area (TPSA) is 124 Å². The molecule has 0 bridgehead atoms. The van der Waals surface area contributed by atoms with Gasteiger partial charge in [-0.3, -0.25) is 14.3 Å². The lowest BCUT2D eigenvalue weighted by Gasteiger charge is -2.19. The van der Waals surface area contributed by atoms with Crippen molar-refractivity contribution in [3.8, 4) is 11.5 Å². The molecule has 0 fully saturated rings. The van der Waals surface area contributed by atoms with Crippen LogP contribution in [0.15, 0.2) is 57.8 Å². The van der Waals surface area contributed by atoms with Crippen molar-refractivity contribution in [2.45, 2.75) is 31.6 Å². The minimum absolute atomic E-state index is 0.0511. The van der Waals surface area contributed by atoms with Crippen LogP contribution in [0.4, 0.5) is 11.4 Å². The predicted molar refractivity (Wildman–Crippen MR) is 125 cm³/mol. The zero-order valence-electron chi connectivity index (χ0n) is 18.7. The van der Waals surface area contributed by atoms with Crippen LogP contribution < -0.4 is 19.5 Å². The molecule has 1 aliphatic rings. The molecular formula is C24H24N2O7S. The van der Waals surface area contributed by atoms with Crippen molar-refractivity contribution in [2.75, 3.05) is 23.3 Å². The maximum atomic E-state index is 12.7. The van der Waals surface area contributed by atoms with Gasteiger partial charge in [0, 0.05) is 30.3 Å². The molecule has 1 aliphatic heterocycles. The number of hydrogen-bond donors (Lipinski definition) is 2. The molecule has 0 spiro atoms. The third kappa shape index (κ3) is 5.40. The largest absolute Gasteiger partial charge is 0.486 e. The fourth-order valence-corrected chi connectivity index (χ4v) is 4.58. The highest BCUT2D eigenvalue weighted by atomic mass is 32.2. The van der Waals surface area contributed by atoms with Crippen LogP contribution in [0.25, 0.3) is 0 Å². The van der Waals surface area contributed by atoms with E-state index in [-0.39, 0.29) is 23.0 Å². The van der Waals surface area contributed by atoms with Crippen molar-refractivity contribution in [1.82, 2.24) is 0 Å². The fraction of sp³-hybridized carbons (Fsp3) is 0.250. The summed E-state index contributed by atoms with van der Waals surface area (Å²) >= 11 is 0. The van der Waals surface area contributed by atoms with Crippen molar-refractivity contribution in [3.05, 3.63) is 65.6 Å². The average Bonchev–Trinajstić information content (AvgIpc) is 3.19. The first-order valence-electron chi connectivity index (χ1n) is 10.6. The van der Waals surface area contributed by atoms with E-state index in [9.17, 15) is 18.0 Å². The summed E-state index contributed by atoms with van der Waals surface area (Å²) in [5.41, 5.74) is 1.38. The normalized spacial score (nSPS) is 12.8. The average molecular weight is 485 g/mol. The van der Waals surface area contributed by atoms with E-state index in [0.717, 1.165) is 0 Å². The Morgan fingerprint density at radius 1 is 0.941 bits per heavy atom. The first kappa shape index (κ1) is 23.4. The monoisotopic (exact) mass is 484 g/mol. The lowest BCUT2D eigenvalue weighted by molar-refractivity contribution is -0.116. The molecule has 0 saturated carbocycles. The lowest BCUT2D eigenvalue weighted by atomic mass is 10.1. The molecule has 2 aromatic carbocycles. The summed E-state index contributed by atoms with van der Waals surface area (Å²) in [6, 6.07) is 12.4. The Labute approximate surface area is 197 Å². The molecule has 9 nitrogen and oxygen atoms in total. The third-order valence-electron chi connectivity index (χ3n) is 5.19. The Hall–Kier alpha value is -3.79. The van der Waals surface area contributed by atoms with Gasteiger partial charge in [-0.25, -0.2) is 8.42 Å². The van der Waals surface area contributed by atoms with Gasteiger partial charge < -0.3 is 19.2 Å². The van der Waals surface area contributed by atoms with Crippen LogP contribution in [0.1, 0.15) is 35.2 Å². The van der Waals surface area contributed by atoms with Crippen molar-refractivity contribution < 1.29 is 31.9 Å². The van der Waals surface area contributed by atoms with Crippen molar-refractivity contribution in [3.63, 3.8) is 0 Å². The summed E-state index contributed by atoms with van der Waals surface area (Å²) in [4.78, 5) is 23.8. The van der Waals surface area contributed by atoms with Gasteiger partial charge in [0.25, 0.3) is 10.0 Å². The molecule has 10 heteroatoms. The van der Waals surface area contributed by atoms with Gasteiger partial charge in [-0.15, -0.1) is 0 Å². The first-order chi connectivity index (χ1) is 16.2. The molecule has 2 N–H and O–H groups in total. The number of ether oxygens (including phenoxy) is 2. The minimum atomic E-state index is -3.84. The standard InChI is InChI=1S/C24H24N2O7S/c1-15(27)21-13-19(33-16(21)2)7-10-24(28)25-17-3-5-18(6-4-17)26-34(29,30)20-8-9-22-23(14-20)32-12-11-31-22/h3-6,8-9,13-14,26H,7,10-12H2,1-2H3,(H,25,28). The second-order valence-corrected chi connectivity index (χ2v) is 9.46. The maximum Gasteiger partial charge on any atom is 0.262 e. The molecule has 1 aromatic heterocycles. The highest BCUT2D eigenvalue weighted by Gasteiger charge is 2.19. The summed E-state index contributed by atoms with van der Waals surface area (Å²) in [7, 11) is -3.84. The van der Waals surface area contributed by atoms with Crippen LogP contribution in [0.3, 0.4) is 0 Å². The molecule has 2 heterocycles. The quantitative estimate of drug-likeness (QED) is 0.464. The summed E-state index contributed by atoms with van der Waals surface area (Å²) in [6.07, 6.45) is 0.524. The van der Waals surface area contributed by atoms with E-state index >= 15 is 0 Å². The van der Waals surface area contributed by atoms with Crippen LogP contribution in [0, 0.1) is 6.92 Å². The van der Waals surface area contributed by atoms with E-state index in [4.69, 9.17) is 13.9 Å². The second kappa shape index (κ2) is 9.60. The predicted octanol–water partition coefficient (Wildman–Crippen LogP) is 3.93. The number of fused-ring (bicyclic) bond motifs is 1. The first-order valence-corrected chi connectivity index (χ1v) is 12.1. The Morgan fingerprint density at radius 3 is 2.29 bits per heavy atom. The number of furan rings is 1. The van der Waals surface area contributed by atoms with E-state index in [1.54, 1.807) is 43.3 Å². The van der Waals surface area contributed by atoms with E-state index in [2.05, 4.69) is 10.0 Å². The SMILES string of the molecule is CC(=O)c1cc(CCC(=O)Nc2ccc(NS(=O)(=O)c3ccc4c(c3)OCCO4)cc2)oc1C. The van der Waals surface area contributed by atoms with E-state index < -0.39 is 10.0 Å². The van der Waals surface area contributed by atoms with E-state index in [1.807, 2.05) is 0 Å². The Bertz CT molecular complexity index is 1330. The van der Waals surface area contributed by atoms with Gasteiger partial charge in [0.05, 0.1) is 10.5 Å². The minimum Gasteiger partial charge on any atom is -0.486 e. The number of carbonyl (C=O) groups is 2. The molecule has 34 heavy (non-hydrogen) atoms. The van der Waals surface area contributed by atoms with Gasteiger partial charge in [0.1, 0.15) is 24.7 Å². The van der Waals surface area contributed by atoms with Crippen molar-refractivity contribution in [1.29, 1.82) is 0 Å². The van der Waals surface area contributed by atoms with E-state index in [0.29, 0.717) is 59.6 Å². The van der Waals surface area contributed by atoms with Gasteiger partial charge in [0.2, 0.25) is 5.91 Å². The number of amides is 1. The van der Waals surface area contributed by atoms with Crippen LogP contribution >= 0.6 is 0 Å². The molecule has 1 amide bonds. The zero-order valence-corrected chi connectivity index (χ0v) is 19.5. The van der Waals surface area contributed by atoms with Crippen LogP contribution in [0.2, 0.25) is 0 Å². The number of ketones is 1. The van der Waals surface area contributed by atoms with Crippen LogP contribution in [-0.2, 0) is 21.2 Å². The van der Waals surface area contributed by atoms with Gasteiger partial charge in [-0.1, -0.05) is 0 Å². The Balaban J connectivity index is 1.34. The Kier molecular flexibility index (Phi) is 6.60. The van der Waals surface area contributed by atoms with Crippen molar-refractivity contribution in [2.24, 2.45) is 0 Å². The van der Waals surface area contributed by atoms with Gasteiger partial charge in [-0.2, -0.15) is 0 Å². The highest BCUT2D eigenvalue weighted by Crippen LogP contribution is 2.32. The maximum absolute atomic E-state index is 12.7. The summed E-state index contributed by atoms with van der Waals surface area (Å²) in [5.74, 6) is 1.68. The number of anilines is 2. The molecule has 4 rings (SSSR count). The molecule has 3 aromatic rings. The van der Waals surface area contributed by atoms with Gasteiger partial charge in [-0.05, 0) is 56.3 Å². The van der Waals surface area contributed by atoms with E-state index in [1.165, 1.54) is 19.1 Å². The lowest BCUT2D eigenvalue weighted by Crippen LogP contribution is -2.17. The highest BCUT2D eigenvalue weighted by molar-refractivity contribution is 7.92. The molecule has 0 radical (unpaired) electrons. The number of Topliss-reactive ketones (excluding diaryl/α,β-unsaturated/α-hetero) is 1. The molecule has 0 unspecified atom stereocenters. The smallest absolute Gasteiger partial charge is 0.262 e. The molecule has 0 saturated heterocycles. The number of benzene rings is 2. The van der Waals surface area contributed by atoms with Gasteiger partial charge in [0.15, 0.2) is 17.3 Å². The number of carbonyl (C=O) groups excluding carboxylic acids is 2. The number of nitrogens with one attached hydrogen (secondary N) is 2. The van der Waals surface area contributed by atoms with Crippen molar-refractivity contribution >= 4 is 33.1 Å². The van der Waals surface area contributed by atoms with Gasteiger partial charge >= 0.3 is 0 Å². The number of sulfonamides is 1. The summed E-state index contributed by atoms with van der Waals surface area (Å²) in [6.45, 7) is 3.96. The van der Waals surface area contributed by atoms with Crippen LogP contribution in [-0.4, -0.2) is 33.3 Å². The third-order valence-corrected chi connectivity index (χ3v) is 6.57. The van der Waals surface area contributed by atoms with Crippen LogP contribution in [0.5, 0.6) is 11.5 Å². The summed E-state index contributed by atoms with van der Waals surface area (Å²) < 4.78 is 44.4. The number of hydrogen-bond acceptors (Lipinski definition) is 7. The number of rotatable bonds is 8. The molecule has 0 atom stereocenters. The number of aryl methyl sites for hydroxylation is 2. The summed E-state index contributed by atoms with van der Waals surface area (Å²) in [5, 5.41) is 2.76. The Morgan fingerprint density at radius 2 is 1.62 bits per heavy atom. The molecule has 178 valence electrons. The molecular weight excluding hydrogens is 460 g/mol.